The maximum atomic E-state index is 11.0. The molecule has 8 nitrogen and oxygen atoms in total. The van der Waals surface area contributed by atoms with Crippen LogP contribution in [0.1, 0.15) is 21.9 Å². The Bertz CT molecular complexity index is 859. The van der Waals surface area contributed by atoms with Crippen molar-refractivity contribution in [2.45, 2.75) is 6.61 Å². The van der Waals surface area contributed by atoms with Crippen molar-refractivity contribution in [2.75, 3.05) is 5.75 Å². The lowest BCUT2D eigenvalue weighted by atomic mass is 10.2. The van der Waals surface area contributed by atoms with E-state index in [4.69, 9.17) is 14.3 Å². The van der Waals surface area contributed by atoms with Crippen LogP contribution in [0.25, 0.3) is 0 Å². The lowest BCUT2D eigenvalue weighted by Crippen LogP contribution is -2.19. The molecule has 1 aromatic carbocycles. The highest BCUT2D eigenvalue weighted by Crippen LogP contribution is 2.16. The standard InChI is InChI=1S/C16H13N3O5S/c20-14-9-25-16(18-14)19-17-7-10-2-1-3-11(6-10)23-8-12-4-5-13(24-12)15(21)22/h1-7H,8-9H2,(H,21,22)(H,18,19,20). The van der Waals surface area contributed by atoms with E-state index in [0.717, 1.165) is 5.56 Å². The predicted octanol–water partition coefficient (Wildman–Crippen LogP) is 2.11. The first kappa shape index (κ1) is 16.8. The average Bonchev–Trinajstić information content (AvgIpc) is 3.23. The van der Waals surface area contributed by atoms with Gasteiger partial charge < -0.3 is 19.6 Å². The van der Waals surface area contributed by atoms with E-state index in [9.17, 15) is 9.59 Å². The number of carbonyl (C=O) groups is 2. The number of nitrogens with one attached hydrogen (secondary N) is 1. The van der Waals surface area contributed by atoms with E-state index in [0.29, 0.717) is 22.4 Å². The zero-order chi connectivity index (χ0) is 17.6. The molecular formula is C16H13N3O5S. The quantitative estimate of drug-likeness (QED) is 0.603. The molecule has 9 heteroatoms. The SMILES string of the molecule is O=C1CSC(=NN=Cc2cccc(OCc3ccc(C(=O)O)o3)c2)N1. The van der Waals surface area contributed by atoms with Crippen LogP contribution in [-0.2, 0) is 11.4 Å². The van der Waals surface area contributed by atoms with Gasteiger partial charge >= 0.3 is 5.97 Å². The Kier molecular flexibility index (Phi) is 5.14. The van der Waals surface area contributed by atoms with Crippen molar-refractivity contribution >= 4 is 35.0 Å². The Morgan fingerprint density at radius 1 is 1.40 bits per heavy atom. The van der Waals surface area contributed by atoms with E-state index in [1.54, 1.807) is 30.5 Å². The van der Waals surface area contributed by atoms with Crippen LogP contribution in [0.15, 0.2) is 51.0 Å². The molecule has 0 spiro atoms. The summed E-state index contributed by atoms with van der Waals surface area (Å²) in [7, 11) is 0. The van der Waals surface area contributed by atoms with Gasteiger partial charge in [-0.2, -0.15) is 5.10 Å². The van der Waals surface area contributed by atoms with Crippen molar-refractivity contribution in [2.24, 2.45) is 10.2 Å². The molecule has 25 heavy (non-hydrogen) atoms. The van der Waals surface area contributed by atoms with Gasteiger partial charge in [-0.1, -0.05) is 23.9 Å². The molecule has 128 valence electrons. The monoisotopic (exact) mass is 359 g/mol. The van der Waals surface area contributed by atoms with E-state index in [-0.39, 0.29) is 18.3 Å². The minimum atomic E-state index is -1.12. The van der Waals surface area contributed by atoms with Crippen molar-refractivity contribution in [3.05, 3.63) is 53.5 Å². The number of ether oxygens (including phenoxy) is 1. The smallest absolute Gasteiger partial charge is 0.371 e. The molecule has 0 saturated carbocycles. The minimum absolute atomic E-state index is 0.0849. The summed E-state index contributed by atoms with van der Waals surface area (Å²) >= 11 is 1.30. The van der Waals surface area contributed by atoms with Gasteiger partial charge in [0.15, 0.2) is 5.17 Å². The van der Waals surface area contributed by atoms with Gasteiger partial charge in [-0.15, -0.1) is 5.10 Å². The predicted molar refractivity (Wildman–Crippen MR) is 92.1 cm³/mol. The maximum Gasteiger partial charge on any atom is 0.371 e. The van der Waals surface area contributed by atoms with Crippen molar-refractivity contribution in [1.82, 2.24) is 5.32 Å². The Hall–Kier alpha value is -3.07. The lowest BCUT2D eigenvalue weighted by Gasteiger charge is -2.04. The Balaban J connectivity index is 1.59. The number of carboxylic acid groups (broad SMARTS) is 1. The third-order valence-electron chi connectivity index (χ3n) is 3.05. The summed E-state index contributed by atoms with van der Waals surface area (Å²) in [5, 5.41) is 19.7. The number of carboxylic acids is 1. The third kappa shape index (κ3) is 4.70. The Morgan fingerprint density at radius 3 is 3.00 bits per heavy atom. The molecule has 1 saturated heterocycles. The molecule has 1 amide bonds. The first-order valence-electron chi connectivity index (χ1n) is 7.19. The van der Waals surface area contributed by atoms with Crippen LogP contribution in [0.4, 0.5) is 0 Å². The summed E-state index contributed by atoms with van der Waals surface area (Å²) in [6.07, 6.45) is 1.54. The van der Waals surface area contributed by atoms with E-state index in [1.807, 2.05) is 6.07 Å². The maximum absolute atomic E-state index is 11.0. The highest BCUT2D eigenvalue weighted by Gasteiger charge is 2.15. The van der Waals surface area contributed by atoms with Crippen LogP contribution < -0.4 is 10.1 Å². The summed E-state index contributed by atoms with van der Waals surface area (Å²) in [4.78, 5) is 21.8. The third-order valence-corrected chi connectivity index (χ3v) is 3.92. The van der Waals surface area contributed by atoms with Gasteiger partial charge in [0.1, 0.15) is 18.1 Å². The fourth-order valence-electron chi connectivity index (χ4n) is 1.94. The van der Waals surface area contributed by atoms with E-state index < -0.39 is 5.97 Å². The normalized spacial score (nSPS) is 15.7. The number of carbonyl (C=O) groups excluding carboxylic acids is 1. The number of hydrogen-bond donors (Lipinski definition) is 2. The summed E-state index contributed by atoms with van der Waals surface area (Å²) < 4.78 is 10.7. The molecule has 1 aliphatic heterocycles. The summed E-state index contributed by atoms with van der Waals surface area (Å²) in [5.41, 5.74) is 0.766. The molecule has 3 rings (SSSR count). The van der Waals surface area contributed by atoms with E-state index >= 15 is 0 Å². The second-order valence-corrected chi connectivity index (χ2v) is 5.88. The number of rotatable bonds is 6. The number of hydrogen-bond acceptors (Lipinski definition) is 7. The van der Waals surface area contributed by atoms with Gasteiger partial charge in [0.05, 0.1) is 12.0 Å². The molecule has 2 heterocycles. The van der Waals surface area contributed by atoms with Crippen molar-refractivity contribution in [3.8, 4) is 5.75 Å². The van der Waals surface area contributed by atoms with Crippen molar-refractivity contribution < 1.29 is 23.8 Å². The number of furan rings is 1. The van der Waals surface area contributed by atoms with Gasteiger partial charge in [-0.05, 0) is 29.8 Å². The number of amidine groups is 1. The molecule has 2 N–H and O–H groups in total. The fourth-order valence-corrected chi connectivity index (χ4v) is 2.57. The van der Waals surface area contributed by atoms with Crippen LogP contribution in [0.3, 0.4) is 0 Å². The molecule has 1 fully saturated rings. The molecule has 0 bridgehead atoms. The molecular weight excluding hydrogens is 346 g/mol. The van der Waals surface area contributed by atoms with E-state index in [2.05, 4.69) is 15.5 Å². The fraction of sp³-hybridized carbons (Fsp3) is 0.125. The largest absolute Gasteiger partial charge is 0.486 e. The number of thioether (sulfide) groups is 1. The number of aromatic carboxylic acids is 1. The lowest BCUT2D eigenvalue weighted by molar-refractivity contribution is -0.116. The summed E-state index contributed by atoms with van der Waals surface area (Å²) in [6, 6.07) is 10.1. The Morgan fingerprint density at radius 2 is 2.28 bits per heavy atom. The van der Waals surface area contributed by atoms with Crippen LogP contribution >= 0.6 is 11.8 Å². The van der Waals surface area contributed by atoms with Gasteiger partial charge in [-0.3, -0.25) is 4.79 Å². The number of benzene rings is 1. The molecule has 0 atom stereocenters. The summed E-state index contributed by atoms with van der Waals surface area (Å²) in [6.45, 7) is 0.110. The second kappa shape index (κ2) is 7.67. The second-order valence-electron chi connectivity index (χ2n) is 4.92. The first-order chi connectivity index (χ1) is 12.1. The number of nitrogens with zero attached hydrogens (tertiary/aromatic N) is 2. The highest BCUT2D eigenvalue weighted by molar-refractivity contribution is 8.15. The number of amides is 1. The molecule has 0 unspecified atom stereocenters. The molecule has 1 aromatic heterocycles. The highest BCUT2D eigenvalue weighted by atomic mass is 32.2. The van der Waals surface area contributed by atoms with Crippen molar-refractivity contribution in [3.63, 3.8) is 0 Å². The van der Waals surface area contributed by atoms with Gasteiger partial charge in [0, 0.05) is 0 Å². The van der Waals surface area contributed by atoms with E-state index in [1.165, 1.54) is 17.8 Å². The van der Waals surface area contributed by atoms with Gasteiger partial charge in [-0.25, -0.2) is 4.79 Å². The molecule has 0 radical (unpaired) electrons. The van der Waals surface area contributed by atoms with Gasteiger partial charge in [0.2, 0.25) is 11.7 Å². The topological polar surface area (TPSA) is 113 Å². The summed E-state index contributed by atoms with van der Waals surface area (Å²) in [5.74, 6) is 0.00964. The first-order valence-corrected chi connectivity index (χ1v) is 8.17. The minimum Gasteiger partial charge on any atom is -0.486 e. The van der Waals surface area contributed by atoms with Crippen LogP contribution in [-0.4, -0.2) is 34.1 Å². The zero-order valence-corrected chi connectivity index (χ0v) is 13.7. The Labute approximate surface area is 146 Å². The zero-order valence-electron chi connectivity index (χ0n) is 12.8. The van der Waals surface area contributed by atoms with Crippen LogP contribution in [0.5, 0.6) is 5.75 Å². The van der Waals surface area contributed by atoms with Gasteiger partial charge in [0.25, 0.3) is 0 Å². The van der Waals surface area contributed by atoms with Crippen LogP contribution in [0.2, 0.25) is 0 Å². The van der Waals surface area contributed by atoms with Crippen molar-refractivity contribution in [1.29, 1.82) is 0 Å². The molecule has 2 aromatic rings. The van der Waals surface area contributed by atoms with Crippen LogP contribution in [0, 0.1) is 0 Å². The molecule has 0 aliphatic carbocycles. The average molecular weight is 359 g/mol. The molecule has 1 aliphatic rings.